The summed E-state index contributed by atoms with van der Waals surface area (Å²) in [6, 6.07) is 2.15. The molecule has 1 aromatic rings. The third-order valence-corrected chi connectivity index (χ3v) is 3.75. The lowest BCUT2D eigenvalue weighted by molar-refractivity contribution is 0.0941. The van der Waals surface area contributed by atoms with Crippen LogP contribution in [-0.2, 0) is 0 Å². The van der Waals surface area contributed by atoms with E-state index in [1.807, 2.05) is 6.92 Å². The second-order valence-electron chi connectivity index (χ2n) is 5.25. The minimum atomic E-state index is -0.0330. The van der Waals surface area contributed by atoms with Crippen LogP contribution in [0.3, 0.4) is 0 Å². The first-order chi connectivity index (χ1) is 9.72. The fourth-order valence-corrected chi connectivity index (χ4v) is 2.57. The van der Waals surface area contributed by atoms with Crippen molar-refractivity contribution in [1.29, 1.82) is 0 Å². The average molecular weight is 276 g/mol. The van der Waals surface area contributed by atoms with Crippen LogP contribution in [0, 0.1) is 0 Å². The molecule has 1 aliphatic heterocycles. The SMILES string of the molecule is CCNc1cnccc1C(=O)NCC(C)N1CCCC1. The van der Waals surface area contributed by atoms with Gasteiger partial charge in [0.05, 0.1) is 17.4 Å². The maximum atomic E-state index is 12.3. The quantitative estimate of drug-likeness (QED) is 0.831. The molecule has 1 saturated heterocycles. The molecule has 5 heteroatoms. The van der Waals surface area contributed by atoms with Crippen LogP contribution in [0.5, 0.6) is 0 Å². The van der Waals surface area contributed by atoms with Crippen LogP contribution < -0.4 is 10.6 Å². The Bertz CT molecular complexity index is 443. The molecule has 1 fully saturated rings. The lowest BCUT2D eigenvalue weighted by Crippen LogP contribution is -2.40. The topological polar surface area (TPSA) is 57.3 Å². The summed E-state index contributed by atoms with van der Waals surface area (Å²) in [6.07, 6.45) is 5.89. The zero-order valence-corrected chi connectivity index (χ0v) is 12.4. The van der Waals surface area contributed by atoms with Crippen LogP contribution in [0.15, 0.2) is 18.5 Å². The summed E-state index contributed by atoms with van der Waals surface area (Å²) in [7, 11) is 0. The van der Waals surface area contributed by atoms with Crippen molar-refractivity contribution in [2.24, 2.45) is 0 Å². The number of hydrogen-bond donors (Lipinski definition) is 2. The summed E-state index contributed by atoms with van der Waals surface area (Å²) < 4.78 is 0. The van der Waals surface area contributed by atoms with E-state index >= 15 is 0 Å². The molecule has 5 nitrogen and oxygen atoms in total. The Hall–Kier alpha value is -1.62. The molecule has 1 unspecified atom stereocenters. The number of nitrogens with one attached hydrogen (secondary N) is 2. The van der Waals surface area contributed by atoms with Gasteiger partial charge in [-0.25, -0.2) is 0 Å². The number of aromatic nitrogens is 1. The van der Waals surface area contributed by atoms with E-state index in [2.05, 4.69) is 27.4 Å². The average Bonchev–Trinajstić information content (AvgIpc) is 2.99. The van der Waals surface area contributed by atoms with Crippen LogP contribution in [0.2, 0.25) is 0 Å². The molecular formula is C15H24N4O. The Kier molecular flexibility index (Phi) is 5.35. The van der Waals surface area contributed by atoms with Gasteiger partial charge >= 0.3 is 0 Å². The van der Waals surface area contributed by atoms with Gasteiger partial charge in [0, 0.05) is 25.3 Å². The molecule has 0 bridgehead atoms. The molecular weight excluding hydrogens is 252 g/mol. The molecule has 2 N–H and O–H groups in total. The maximum absolute atomic E-state index is 12.3. The van der Waals surface area contributed by atoms with Gasteiger partial charge in [0.15, 0.2) is 0 Å². The second kappa shape index (κ2) is 7.24. The molecule has 0 radical (unpaired) electrons. The maximum Gasteiger partial charge on any atom is 0.253 e. The summed E-state index contributed by atoms with van der Waals surface area (Å²) >= 11 is 0. The van der Waals surface area contributed by atoms with Gasteiger partial charge < -0.3 is 10.6 Å². The molecule has 0 saturated carbocycles. The predicted molar refractivity (Wildman–Crippen MR) is 81.0 cm³/mol. The molecule has 1 amide bonds. The fourth-order valence-electron chi connectivity index (χ4n) is 2.57. The predicted octanol–water partition coefficient (Wildman–Crippen LogP) is 1.73. The van der Waals surface area contributed by atoms with E-state index in [1.54, 1.807) is 18.5 Å². The number of carbonyl (C=O) groups excluding carboxylic acids is 1. The normalized spacial score (nSPS) is 16.9. The van der Waals surface area contributed by atoms with Crippen molar-refractivity contribution in [1.82, 2.24) is 15.2 Å². The lowest BCUT2D eigenvalue weighted by Gasteiger charge is -2.24. The van der Waals surface area contributed by atoms with Gasteiger partial charge in [-0.15, -0.1) is 0 Å². The Morgan fingerprint density at radius 1 is 1.45 bits per heavy atom. The zero-order valence-electron chi connectivity index (χ0n) is 12.4. The van der Waals surface area contributed by atoms with Gasteiger partial charge in [-0.3, -0.25) is 14.7 Å². The monoisotopic (exact) mass is 276 g/mol. The summed E-state index contributed by atoms with van der Waals surface area (Å²) in [4.78, 5) is 18.7. The molecule has 0 aromatic carbocycles. The van der Waals surface area contributed by atoms with E-state index in [4.69, 9.17) is 0 Å². The molecule has 1 aromatic heterocycles. The molecule has 1 atom stereocenters. The van der Waals surface area contributed by atoms with Gasteiger partial charge in [0.1, 0.15) is 0 Å². The van der Waals surface area contributed by atoms with Crippen LogP contribution in [0.4, 0.5) is 5.69 Å². The van der Waals surface area contributed by atoms with E-state index in [0.29, 0.717) is 18.2 Å². The zero-order chi connectivity index (χ0) is 14.4. The largest absolute Gasteiger partial charge is 0.383 e. The van der Waals surface area contributed by atoms with Gasteiger partial charge in [0.25, 0.3) is 5.91 Å². The third kappa shape index (κ3) is 3.70. The van der Waals surface area contributed by atoms with Crippen molar-refractivity contribution < 1.29 is 4.79 Å². The summed E-state index contributed by atoms with van der Waals surface area (Å²) in [5.41, 5.74) is 1.46. The highest BCUT2D eigenvalue weighted by molar-refractivity contribution is 5.99. The number of anilines is 1. The van der Waals surface area contributed by atoms with Crippen LogP contribution >= 0.6 is 0 Å². The Morgan fingerprint density at radius 3 is 2.90 bits per heavy atom. The highest BCUT2D eigenvalue weighted by Crippen LogP contribution is 2.14. The molecule has 1 aliphatic rings. The van der Waals surface area contributed by atoms with Crippen LogP contribution in [0.25, 0.3) is 0 Å². The van der Waals surface area contributed by atoms with E-state index in [9.17, 15) is 4.79 Å². The molecule has 0 spiro atoms. The van der Waals surface area contributed by atoms with E-state index < -0.39 is 0 Å². The van der Waals surface area contributed by atoms with E-state index in [1.165, 1.54) is 12.8 Å². The van der Waals surface area contributed by atoms with Crippen molar-refractivity contribution in [3.05, 3.63) is 24.0 Å². The molecule has 110 valence electrons. The molecule has 20 heavy (non-hydrogen) atoms. The number of rotatable bonds is 6. The minimum Gasteiger partial charge on any atom is -0.383 e. The fraction of sp³-hybridized carbons (Fsp3) is 0.600. The van der Waals surface area contributed by atoms with Crippen molar-refractivity contribution in [3.63, 3.8) is 0 Å². The first-order valence-corrected chi connectivity index (χ1v) is 7.42. The first-order valence-electron chi connectivity index (χ1n) is 7.42. The summed E-state index contributed by atoms with van der Waals surface area (Å²) in [5, 5.41) is 6.19. The molecule has 0 aliphatic carbocycles. The molecule has 2 heterocycles. The number of likely N-dealkylation sites (tertiary alicyclic amines) is 1. The van der Waals surface area contributed by atoms with Gasteiger partial charge in [-0.2, -0.15) is 0 Å². The first kappa shape index (κ1) is 14.8. The van der Waals surface area contributed by atoms with E-state index in [0.717, 1.165) is 25.3 Å². The lowest BCUT2D eigenvalue weighted by atomic mass is 10.2. The van der Waals surface area contributed by atoms with Crippen LogP contribution in [0.1, 0.15) is 37.0 Å². The minimum absolute atomic E-state index is 0.0330. The smallest absolute Gasteiger partial charge is 0.253 e. The Balaban J connectivity index is 1.91. The highest BCUT2D eigenvalue weighted by Gasteiger charge is 2.19. The van der Waals surface area contributed by atoms with Gasteiger partial charge in [-0.05, 0) is 45.8 Å². The van der Waals surface area contributed by atoms with E-state index in [-0.39, 0.29) is 5.91 Å². The summed E-state index contributed by atoms with van der Waals surface area (Å²) in [5.74, 6) is -0.0330. The number of pyridine rings is 1. The standard InChI is InChI=1S/C15H24N4O/c1-3-17-14-11-16-7-6-13(14)15(20)18-10-12(2)19-8-4-5-9-19/h6-7,11-12,17H,3-5,8-10H2,1-2H3,(H,18,20). The number of carbonyl (C=O) groups is 1. The van der Waals surface area contributed by atoms with Crippen LogP contribution in [-0.4, -0.2) is 48.0 Å². The third-order valence-electron chi connectivity index (χ3n) is 3.75. The van der Waals surface area contributed by atoms with Crippen molar-refractivity contribution in [2.75, 3.05) is 31.5 Å². The summed E-state index contributed by atoms with van der Waals surface area (Å²) in [6.45, 7) is 7.93. The highest BCUT2D eigenvalue weighted by atomic mass is 16.1. The van der Waals surface area contributed by atoms with Gasteiger partial charge in [-0.1, -0.05) is 0 Å². The number of amides is 1. The Morgan fingerprint density at radius 2 is 2.20 bits per heavy atom. The van der Waals surface area contributed by atoms with Crippen molar-refractivity contribution in [3.8, 4) is 0 Å². The second-order valence-corrected chi connectivity index (χ2v) is 5.25. The number of hydrogen-bond acceptors (Lipinski definition) is 4. The number of nitrogens with zero attached hydrogens (tertiary/aromatic N) is 2. The van der Waals surface area contributed by atoms with Gasteiger partial charge in [0.2, 0.25) is 0 Å². The van der Waals surface area contributed by atoms with Crippen molar-refractivity contribution >= 4 is 11.6 Å². The van der Waals surface area contributed by atoms with Crippen molar-refractivity contribution in [2.45, 2.75) is 32.7 Å². The molecule has 2 rings (SSSR count). The Labute approximate surface area is 120 Å².